The molecular formula is C17H20O. The summed E-state index contributed by atoms with van der Waals surface area (Å²) >= 11 is 0. The third-order valence-corrected chi connectivity index (χ3v) is 3.37. The first-order chi connectivity index (χ1) is 8.66. The topological polar surface area (TPSA) is 20.2 Å². The summed E-state index contributed by atoms with van der Waals surface area (Å²) in [6.07, 6.45) is 0.369. The fourth-order valence-corrected chi connectivity index (χ4v) is 2.27. The summed E-state index contributed by atoms with van der Waals surface area (Å²) in [6, 6.07) is 18.5. The Bertz CT molecular complexity index is 490. The van der Waals surface area contributed by atoms with E-state index >= 15 is 0 Å². The molecule has 0 amide bonds. The van der Waals surface area contributed by atoms with Crippen molar-refractivity contribution in [3.8, 4) is 0 Å². The van der Waals surface area contributed by atoms with Crippen molar-refractivity contribution in [1.29, 1.82) is 0 Å². The van der Waals surface area contributed by atoms with Crippen molar-refractivity contribution in [3.63, 3.8) is 0 Å². The number of benzene rings is 2. The van der Waals surface area contributed by atoms with E-state index in [1.54, 1.807) is 0 Å². The van der Waals surface area contributed by atoms with Crippen LogP contribution in [-0.2, 0) is 0 Å². The van der Waals surface area contributed by atoms with Crippen LogP contribution in [0, 0.1) is 6.92 Å². The van der Waals surface area contributed by atoms with Gasteiger partial charge in [-0.2, -0.15) is 0 Å². The number of hydrogen-bond donors (Lipinski definition) is 1. The van der Waals surface area contributed by atoms with Crippen LogP contribution in [-0.4, -0.2) is 5.11 Å². The van der Waals surface area contributed by atoms with Gasteiger partial charge in [-0.05, 0) is 30.4 Å². The number of aliphatic hydroxyl groups is 1. The zero-order valence-corrected chi connectivity index (χ0v) is 11.0. The summed E-state index contributed by atoms with van der Waals surface area (Å²) in [5.74, 6) is 0.363. The highest BCUT2D eigenvalue weighted by Crippen LogP contribution is 2.27. The number of rotatable bonds is 4. The maximum atomic E-state index is 10.3. The number of aryl methyl sites for hydroxylation is 1. The minimum absolute atomic E-state index is 0.363. The molecule has 0 aliphatic carbocycles. The standard InChI is InChI=1S/C17H20O/c1-13-7-6-10-16(11-13)17(18)12-14(2)15-8-4-3-5-9-15/h3-11,14,17-18H,12H2,1-2H3. The summed E-state index contributed by atoms with van der Waals surface area (Å²) in [6.45, 7) is 4.21. The van der Waals surface area contributed by atoms with Gasteiger partial charge in [0.15, 0.2) is 0 Å². The van der Waals surface area contributed by atoms with Gasteiger partial charge in [0.2, 0.25) is 0 Å². The molecule has 0 saturated heterocycles. The van der Waals surface area contributed by atoms with E-state index < -0.39 is 0 Å². The van der Waals surface area contributed by atoms with Crippen LogP contribution in [0.4, 0.5) is 0 Å². The van der Waals surface area contributed by atoms with Crippen LogP contribution in [0.5, 0.6) is 0 Å². The zero-order chi connectivity index (χ0) is 13.0. The molecule has 0 aromatic heterocycles. The SMILES string of the molecule is Cc1cccc(C(O)CC(C)c2ccccc2)c1. The molecule has 2 aromatic carbocycles. The van der Waals surface area contributed by atoms with E-state index in [0.29, 0.717) is 5.92 Å². The second-order valence-corrected chi connectivity index (χ2v) is 4.98. The molecule has 0 aliphatic heterocycles. The van der Waals surface area contributed by atoms with Gasteiger partial charge < -0.3 is 5.11 Å². The Morgan fingerprint density at radius 2 is 1.61 bits per heavy atom. The van der Waals surface area contributed by atoms with E-state index in [4.69, 9.17) is 0 Å². The molecular weight excluding hydrogens is 220 g/mol. The van der Waals surface area contributed by atoms with E-state index in [2.05, 4.69) is 38.1 Å². The monoisotopic (exact) mass is 240 g/mol. The second-order valence-electron chi connectivity index (χ2n) is 4.98. The quantitative estimate of drug-likeness (QED) is 0.848. The van der Waals surface area contributed by atoms with Gasteiger partial charge in [0.1, 0.15) is 0 Å². The van der Waals surface area contributed by atoms with Crippen molar-refractivity contribution in [1.82, 2.24) is 0 Å². The molecule has 18 heavy (non-hydrogen) atoms. The summed E-state index contributed by atoms with van der Waals surface area (Å²) in [4.78, 5) is 0. The van der Waals surface area contributed by atoms with Crippen molar-refractivity contribution in [2.75, 3.05) is 0 Å². The van der Waals surface area contributed by atoms with Gasteiger partial charge in [-0.1, -0.05) is 67.1 Å². The lowest BCUT2D eigenvalue weighted by Crippen LogP contribution is -2.03. The molecule has 0 aliphatic rings. The first-order valence-corrected chi connectivity index (χ1v) is 6.46. The molecule has 2 rings (SSSR count). The van der Waals surface area contributed by atoms with Crippen LogP contribution in [0.3, 0.4) is 0 Å². The lowest BCUT2D eigenvalue weighted by atomic mass is 9.92. The molecule has 0 fully saturated rings. The van der Waals surface area contributed by atoms with Crippen LogP contribution in [0.2, 0.25) is 0 Å². The average molecular weight is 240 g/mol. The highest BCUT2D eigenvalue weighted by atomic mass is 16.3. The van der Waals surface area contributed by atoms with Gasteiger partial charge >= 0.3 is 0 Å². The van der Waals surface area contributed by atoms with Crippen LogP contribution in [0.1, 0.15) is 42.1 Å². The molecule has 2 atom stereocenters. The van der Waals surface area contributed by atoms with E-state index in [-0.39, 0.29) is 6.10 Å². The van der Waals surface area contributed by atoms with Crippen LogP contribution < -0.4 is 0 Å². The van der Waals surface area contributed by atoms with E-state index in [1.807, 2.05) is 30.3 Å². The van der Waals surface area contributed by atoms with Gasteiger partial charge in [0, 0.05) is 0 Å². The molecule has 1 heteroatoms. The molecule has 2 aromatic rings. The summed E-state index contributed by atoms with van der Waals surface area (Å²) in [5.41, 5.74) is 3.49. The number of aliphatic hydroxyl groups excluding tert-OH is 1. The van der Waals surface area contributed by atoms with Crippen molar-refractivity contribution < 1.29 is 5.11 Å². The Morgan fingerprint density at radius 3 is 2.28 bits per heavy atom. The zero-order valence-electron chi connectivity index (χ0n) is 11.0. The van der Waals surface area contributed by atoms with Gasteiger partial charge in [-0.15, -0.1) is 0 Å². The van der Waals surface area contributed by atoms with E-state index in [0.717, 1.165) is 12.0 Å². The predicted octanol–water partition coefficient (Wildman–Crippen LogP) is 4.22. The first-order valence-electron chi connectivity index (χ1n) is 6.46. The van der Waals surface area contributed by atoms with Gasteiger partial charge in [-0.3, -0.25) is 0 Å². The Hall–Kier alpha value is -1.60. The molecule has 0 saturated carbocycles. The largest absolute Gasteiger partial charge is 0.388 e. The highest BCUT2D eigenvalue weighted by molar-refractivity contribution is 5.25. The maximum Gasteiger partial charge on any atom is 0.0795 e. The molecule has 0 heterocycles. The molecule has 1 nitrogen and oxygen atoms in total. The Kier molecular flexibility index (Phi) is 4.16. The third-order valence-electron chi connectivity index (χ3n) is 3.37. The fourth-order valence-electron chi connectivity index (χ4n) is 2.27. The smallest absolute Gasteiger partial charge is 0.0795 e. The van der Waals surface area contributed by atoms with Crippen molar-refractivity contribution in [3.05, 3.63) is 71.3 Å². The van der Waals surface area contributed by atoms with Crippen molar-refractivity contribution in [2.45, 2.75) is 32.3 Å². The normalized spacial score (nSPS) is 14.2. The lowest BCUT2D eigenvalue weighted by molar-refractivity contribution is 0.159. The van der Waals surface area contributed by atoms with Gasteiger partial charge in [-0.25, -0.2) is 0 Å². The second kappa shape index (κ2) is 5.83. The number of hydrogen-bond acceptors (Lipinski definition) is 1. The van der Waals surface area contributed by atoms with E-state index in [9.17, 15) is 5.11 Å². The minimum Gasteiger partial charge on any atom is -0.388 e. The molecule has 0 bridgehead atoms. The summed E-state index contributed by atoms with van der Waals surface area (Å²) < 4.78 is 0. The molecule has 1 N–H and O–H groups in total. The highest BCUT2D eigenvalue weighted by Gasteiger charge is 2.13. The molecule has 2 unspecified atom stereocenters. The Balaban J connectivity index is 2.05. The van der Waals surface area contributed by atoms with Crippen molar-refractivity contribution in [2.24, 2.45) is 0 Å². The van der Waals surface area contributed by atoms with Gasteiger partial charge in [0.05, 0.1) is 6.10 Å². The van der Waals surface area contributed by atoms with Crippen LogP contribution >= 0.6 is 0 Å². The Morgan fingerprint density at radius 1 is 0.944 bits per heavy atom. The maximum absolute atomic E-state index is 10.3. The van der Waals surface area contributed by atoms with Crippen LogP contribution in [0.25, 0.3) is 0 Å². The molecule has 0 spiro atoms. The van der Waals surface area contributed by atoms with Gasteiger partial charge in [0.25, 0.3) is 0 Å². The minimum atomic E-state index is -0.389. The Labute approximate surface area is 109 Å². The fraction of sp³-hybridized carbons (Fsp3) is 0.294. The van der Waals surface area contributed by atoms with Crippen molar-refractivity contribution >= 4 is 0 Å². The molecule has 94 valence electrons. The third kappa shape index (κ3) is 3.21. The first kappa shape index (κ1) is 12.8. The summed E-state index contributed by atoms with van der Waals surface area (Å²) in [5, 5.41) is 10.3. The van der Waals surface area contributed by atoms with E-state index in [1.165, 1.54) is 11.1 Å². The predicted molar refractivity (Wildman–Crippen MR) is 75.6 cm³/mol. The van der Waals surface area contributed by atoms with Crippen LogP contribution in [0.15, 0.2) is 54.6 Å². The lowest BCUT2D eigenvalue weighted by Gasteiger charge is -2.17. The average Bonchev–Trinajstić information content (AvgIpc) is 2.39. The summed E-state index contributed by atoms with van der Waals surface area (Å²) in [7, 11) is 0. The molecule has 0 radical (unpaired) electrons.